The molecule has 0 amide bonds. The van der Waals surface area contributed by atoms with Crippen molar-refractivity contribution in [2.75, 3.05) is 23.8 Å². The number of esters is 1. The first-order chi connectivity index (χ1) is 16.0. The van der Waals surface area contributed by atoms with Crippen molar-refractivity contribution in [3.63, 3.8) is 0 Å². The van der Waals surface area contributed by atoms with Crippen LogP contribution in [0.25, 0.3) is 11.0 Å². The Labute approximate surface area is 192 Å². The number of nitrogens with zero attached hydrogens (tertiary/aromatic N) is 3. The Hall–Kier alpha value is -4.18. The minimum Gasteiger partial charge on any atom is -0.465 e. The van der Waals surface area contributed by atoms with Crippen molar-refractivity contribution in [1.29, 1.82) is 0 Å². The molecule has 4 aromatic rings. The Kier molecular flexibility index (Phi) is 6.65. The lowest BCUT2D eigenvalue weighted by atomic mass is 10.2. The zero-order valence-corrected chi connectivity index (χ0v) is 18.1. The van der Waals surface area contributed by atoms with Gasteiger partial charge in [-0.2, -0.15) is 15.0 Å². The molecule has 0 aliphatic rings. The van der Waals surface area contributed by atoms with Gasteiger partial charge >= 0.3 is 17.6 Å². The molecule has 4 rings (SSSR count). The summed E-state index contributed by atoms with van der Waals surface area (Å²) in [6.45, 7) is 1.80. The number of ether oxygens (including phenoxy) is 2. The fourth-order valence-electron chi connectivity index (χ4n) is 2.86. The summed E-state index contributed by atoms with van der Waals surface area (Å²) in [6, 6.07) is 14.9. The number of fused-ring (bicyclic) bond motifs is 1. The van der Waals surface area contributed by atoms with Crippen molar-refractivity contribution >= 4 is 46.1 Å². The highest BCUT2D eigenvalue weighted by Gasteiger charge is 2.14. The fourth-order valence-corrected chi connectivity index (χ4v) is 3.05. The van der Waals surface area contributed by atoms with Gasteiger partial charge < -0.3 is 24.5 Å². The second-order valence-corrected chi connectivity index (χ2v) is 7.02. The molecule has 10 nitrogen and oxygen atoms in total. The molecule has 0 bridgehead atoms. The van der Waals surface area contributed by atoms with Crippen LogP contribution in [0, 0.1) is 0 Å². The number of para-hydroxylation sites is 1. The third-order valence-corrected chi connectivity index (χ3v) is 4.44. The number of aromatic nitrogens is 3. The summed E-state index contributed by atoms with van der Waals surface area (Å²) in [5.41, 5.74) is 0.393. The van der Waals surface area contributed by atoms with Crippen molar-refractivity contribution in [2.24, 2.45) is 0 Å². The zero-order valence-electron chi connectivity index (χ0n) is 17.4. The van der Waals surface area contributed by atoms with E-state index in [9.17, 15) is 9.59 Å². The molecule has 0 saturated carbocycles. The third kappa shape index (κ3) is 5.74. The van der Waals surface area contributed by atoms with Gasteiger partial charge in [0.15, 0.2) is 0 Å². The van der Waals surface area contributed by atoms with Crippen molar-refractivity contribution in [3.8, 4) is 11.8 Å². The van der Waals surface area contributed by atoms with Crippen LogP contribution in [0.2, 0.25) is 5.02 Å². The molecule has 0 radical (unpaired) electrons. The molecule has 0 atom stereocenters. The topological polar surface area (TPSA) is 128 Å². The fraction of sp³-hybridized carbons (Fsp3) is 0.136. The summed E-state index contributed by atoms with van der Waals surface area (Å²) in [7, 11) is 0. The number of nitrogens with one attached hydrogen (secondary N) is 2. The quantitative estimate of drug-likeness (QED) is 0.288. The lowest BCUT2D eigenvalue weighted by Gasteiger charge is -2.11. The van der Waals surface area contributed by atoms with E-state index in [4.69, 9.17) is 25.5 Å². The molecule has 0 spiro atoms. The van der Waals surface area contributed by atoms with Crippen molar-refractivity contribution in [2.45, 2.75) is 6.92 Å². The van der Waals surface area contributed by atoms with E-state index >= 15 is 0 Å². The maximum Gasteiger partial charge on any atom is 0.339 e. The van der Waals surface area contributed by atoms with E-state index in [2.05, 4.69) is 25.6 Å². The van der Waals surface area contributed by atoms with E-state index in [1.165, 1.54) is 6.07 Å². The maximum atomic E-state index is 12.0. The minimum atomic E-state index is -0.587. The number of benzene rings is 2. The molecular formula is C22H18ClN5O5. The van der Waals surface area contributed by atoms with Crippen LogP contribution >= 0.6 is 11.6 Å². The van der Waals surface area contributed by atoms with Gasteiger partial charge in [0, 0.05) is 10.7 Å². The SMILES string of the molecule is CCOC(=O)CNc1nc(Nc2cccc(Cl)c2)nc(Oc2cc(=O)oc3ccccc23)n1. The van der Waals surface area contributed by atoms with Crippen molar-refractivity contribution in [3.05, 3.63) is 70.0 Å². The van der Waals surface area contributed by atoms with Gasteiger partial charge in [-0.1, -0.05) is 29.8 Å². The average Bonchev–Trinajstić information content (AvgIpc) is 2.78. The zero-order chi connectivity index (χ0) is 23.2. The van der Waals surface area contributed by atoms with E-state index in [1.807, 2.05) is 0 Å². The van der Waals surface area contributed by atoms with Gasteiger partial charge in [-0.15, -0.1) is 0 Å². The summed E-state index contributed by atoms with van der Waals surface area (Å²) in [4.78, 5) is 36.4. The Morgan fingerprint density at radius 3 is 2.70 bits per heavy atom. The second-order valence-electron chi connectivity index (χ2n) is 6.59. The number of rotatable bonds is 8. The molecule has 168 valence electrons. The Bertz CT molecular complexity index is 1360. The summed E-state index contributed by atoms with van der Waals surface area (Å²) in [6.07, 6.45) is 0. The molecule has 2 heterocycles. The lowest BCUT2D eigenvalue weighted by Crippen LogP contribution is -2.18. The summed E-state index contributed by atoms with van der Waals surface area (Å²) < 4.78 is 15.9. The molecule has 0 unspecified atom stereocenters. The second kappa shape index (κ2) is 9.96. The third-order valence-electron chi connectivity index (χ3n) is 4.21. The average molecular weight is 468 g/mol. The first kappa shape index (κ1) is 22.0. The number of halogens is 1. The summed E-state index contributed by atoms with van der Waals surface area (Å²) >= 11 is 6.05. The highest BCUT2D eigenvalue weighted by atomic mass is 35.5. The Morgan fingerprint density at radius 2 is 1.88 bits per heavy atom. The molecule has 0 aliphatic carbocycles. The molecule has 0 aliphatic heterocycles. The molecule has 11 heteroatoms. The number of carbonyl (C=O) groups is 1. The normalized spacial score (nSPS) is 10.6. The van der Waals surface area contributed by atoms with Gasteiger partial charge in [-0.05, 0) is 37.3 Å². The first-order valence-electron chi connectivity index (χ1n) is 9.89. The van der Waals surface area contributed by atoms with Crippen LogP contribution in [0.15, 0.2) is 63.8 Å². The number of carbonyl (C=O) groups excluding carboxylic acids is 1. The molecule has 0 saturated heterocycles. The number of hydrogen-bond donors (Lipinski definition) is 2. The van der Waals surface area contributed by atoms with Crippen LogP contribution in [0.5, 0.6) is 11.8 Å². The van der Waals surface area contributed by atoms with E-state index in [1.54, 1.807) is 55.5 Å². The van der Waals surface area contributed by atoms with Crippen molar-refractivity contribution < 1.29 is 18.7 Å². The van der Waals surface area contributed by atoms with Gasteiger partial charge in [-0.3, -0.25) is 4.79 Å². The minimum absolute atomic E-state index is 0.0600. The highest BCUT2D eigenvalue weighted by molar-refractivity contribution is 6.30. The van der Waals surface area contributed by atoms with E-state index in [0.29, 0.717) is 21.7 Å². The van der Waals surface area contributed by atoms with Gasteiger partial charge in [0.05, 0.1) is 18.1 Å². The lowest BCUT2D eigenvalue weighted by molar-refractivity contribution is -0.140. The van der Waals surface area contributed by atoms with E-state index in [0.717, 1.165) is 0 Å². The van der Waals surface area contributed by atoms with Crippen LogP contribution in [0.4, 0.5) is 17.6 Å². The first-order valence-corrected chi connectivity index (χ1v) is 10.3. The maximum absolute atomic E-state index is 12.0. The van der Waals surface area contributed by atoms with E-state index in [-0.39, 0.29) is 36.8 Å². The predicted octanol–water partition coefficient (Wildman–Crippen LogP) is 4.14. The largest absolute Gasteiger partial charge is 0.465 e. The van der Waals surface area contributed by atoms with Crippen LogP contribution < -0.4 is 21.0 Å². The smallest absolute Gasteiger partial charge is 0.339 e. The molecule has 2 aromatic heterocycles. The predicted molar refractivity (Wildman–Crippen MR) is 122 cm³/mol. The number of anilines is 3. The standard InChI is InChI=1S/C22H18ClN5O5/c1-2-31-19(30)12-24-20-26-21(25-14-7-5-6-13(23)10-14)28-22(27-20)33-17-11-18(29)32-16-9-4-3-8-15(16)17/h3-11H,2,12H2,1H3,(H2,24,25,26,27,28). The monoisotopic (exact) mass is 467 g/mol. The molecular weight excluding hydrogens is 450 g/mol. The molecule has 33 heavy (non-hydrogen) atoms. The molecule has 2 N–H and O–H groups in total. The van der Waals surface area contributed by atoms with Crippen LogP contribution in [0.3, 0.4) is 0 Å². The van der Waals surface area contributed by atoms with Gasteiger partial charge in [0.25, 0.3) is 0 Å². The molecule has 0 fully saturated rings. The molecule has 2 aromatic carbocycles. The Morgan fingerprint density at radius 1 is 1.06 bits per heavy atom. The summed E-state index contributed by atoms with van der Waals surface area (Å²) in [5, 5.41) is 6.87. The van der Waals surface area contributed by atoms with Gasteiger partial charge in [0.2, 0.25) is 11.9 Å². The van der Waals surface area contributed by atoms with Crippen LogP contribution in [-0.2, 0) is 9.53 Å². The Balaban J connectivity index is 1.68. The number of hydrogen-bond acceptors (Lipinski definition) is 10. The van der Waals surface area contributed by atoms with E-state index < -0.39 is 11.6 Å². The van der Waals surface area contributed by atoms with Gasteiger partial charge in [0.1, 0.15) is 17.9 Å². The van der Waals surface area contributed by atoms with Gasteiger partial charge in [-0.25, -0.2) is 4.79 Å². The summed E-state index contributed by atoms with van der Waals surface area (Å²) in [5.74, 6) is -0.0831. The van der Waals surface area contributed by atoms with Crippen LogP contribution in [0.1, 0.15) is 6.92 Å². The van der Waals surface area contributed by atoms with Crippen LogP contribution in [-0.4, -0.2) is 34.1 Å². The highest BCUT2D eigenvalue weighted by Crippen LogP contribution is 2.28. The van der Waals surface area contributed by atoms with Crippen molar-refractivity contribution in [1.82, 2.24) is 15.0 Å².